The van der Waals surface area contributed by atoms with Gasteiger partial charge in [0.1, 0.15) is 12.4 Å². The van der Waals surface area contributed by atoms with E-state index in [4.69, 9.17) is 10.5 Å². The highest BCUT2D eigenvalue weighted by Crippen LogP contribution is 2.20. The third kappa shape index (κ3) is 5.98. The molecule has 0 saturated heterocycles. The first kappa shape index (κ1) is 17.4. The van der Waals surface area contributed by atoms with Gasteiger partial charge in [0, 0.05) is 6.54 Å². The molecule has 0 bridgehead atoms. The number of ether oxygens (including phenoxy) is 1. The number of rotatable bonds is 8. The maximum absolute atomic E-state index is 12.9. The van der Waals surface area contributed by atoms with Crippen molar-refractivity contribution in [2.45, 2.75) is 38.2 Å². The first-order chi connectivity index (χ1) is 11.0. The number of hydrogen-bond acceptors (Lipinski definition) is 3. The van der Waals surface area contributed by atoms with Crippen LogP contribution in [0.15, 0.2) is 24.3 Å². The van der Waals surface area contributed by atoms with Gasteiger partial charge < -0.3 is 15.8 Å². The zero-order chi connectivity index (χ0) is 16.7. The minimum atomic E-state index is -0.532. The normalized spacial score (nSPS) is 16.2. The fourth-order valence-electron chi connectivity index (χ4n) is 2.71. The van der Waals surface area contributed by atoms with Crippen LogP contribution >= 0.6 is 0 Å². The van der Waals surface area contributed by atoms with Crippen molar-refractivity contribution in [3.63, 3.8) is 0 Å². The van der Waals surface area contributed by atoms with Crippen LogP contribution in [0.2, 0.25) is 0 Å². The van der Waals surface area contributed by atoms with Gasteiger partial charge in [-0.15, -0.1) is 0 Å². The van der Waals surface area contributed by atoms with Crippen molar-refractivity contribution in [3.8, 4) is 0 Å². The van der Waals surface area contributed by atoms with Crippen LogP contribution in [-0.4, -0.2) is 31.1 Å². The molecule has 0 unspecified atom stereocenters. The number of primary amides is 1. The molecule has 0 aromatic heterocycles. The molecule has 0 radical (unpaired) electrons. The molecule has 5 nitrogen and oxygen atoms in total. The molecule has 0 aliphatic heterocycles. The number of carbonyl (C=O) groups is 2. The van der Waals surface area contributed by atoms with E-state index in [9.17, 15) is 14.0 Å². The van der Waals surface area contributed by atoms with Gasteiger partial charge in [-0.1, -0.05) is 25.0 Å². The van der Waals surface area contributed by atoms with Crippen molar-refractivity contribution in [2.75, 3.05) is 13.2 Å². The highest BCUT2D eigenvalue weighted by atomic mass is 19.1. The first-order valence-electron chi connectivity index (χ1n) is 7.96. The van der Waals surface area contributed by atoms with E-state index in [0.29, 0.717) is 6.42 Å². The second kappa shape index (κ2) is 8.62. The number of hydrogen-bond donors (Lipinski definition) is 2. The van der Waals surface area contributed by atoms with Gasteiger partial charge in [0.25, 0.3) is 0 Å². The molecule has 1 aromatic carbocycles. The van der Waals surface area contributed by atoms with Crippen LogP contribution in [0.5, 0.6) is 0 Å². The molecule has 3 N–H and O–H groups in total. The van der Waals surface area contributed by atoms with E-state index in [1.165, 1.54) is 12.1 Å². The number of nitrogens with two attached hydrogens (primary N) is 1. The van der Waals surface area contributed by atoms with Crippen molar-refractivity contribution in [1.82, 2.24) is 5.32 Å². The molecule has 0 spiro atoms. The summed E-state index contributed by atoms with van der Waals surface area (Å²) in [6, 6.07) is 5.88. The summed E-state index contributed by atoms with van der Waals surface area (Å²) in [7, 11) is 0. The maximum Gasteiger partial charge on any atom is 0.246 e. The van der Waals surface area contributed by atoms with Gasteiger partial charge in [-0.05, 0) is 37.0 Å². The first-order valence-corrected chi connectivity index (χ1v) is 7.96. The second-order valence-corrected chi connectivity index (χ2v) is 5.95. The third-order valence-electron chi connectivity index (χ3n) is 4.10. The molecule has 23 heavy (non-hydrogen) atoms. The molecule has 2 amide bonds. The van der Waals surface area contributed by atoms with Gasteiger partial charge in [0.2, 0.25) is 11.8 Å². The molecule has 1 saturated carbocycles. The van der Waals surface area contributed by atoms with Gasteiger partial charge in [-0.2, -0.15) is 0 Å². The number of benzene rings is 1. The summed E-state index contributed by atoms with van der Waals surface area (Å²) in [5, 5.41) is 2.68. The maximum atomic E-state index is 12.9. The molecule has 1 aromatic rings. The largest absolute Gasteiger partial charge is 0.369 e. The van der Waals surface area contributed by atoms with Crippen LogP contribution in [0.25, 0.3) is 0 Å². The van der Waals surface area contributed by atoms with Gasteiger partial charge in [0.05, 0.1) is 12.0 Å². The molecule has 6 heteroatoms. The zero-order valence-electron chi connectivity index (χ0n) is 13.1. The minimum absolute atomic E-state index is 0.00664. The molecule has 2 rings (SSSR count). The Morgan fingerprint density at radius 1 is 1.26 bits per heavy atom. The number of nitrogens with one attached hydrogen (secondary N) is 1. The molecule has 1 fully saturated rings. The number of carbonyl (C=O) groups excluding carboxylic acids is 2. The summed E-state index contributed by atoms with van der Waals surface area (Å²) < 4.78 is 18.4. The van der Waals surface area contributed by atoms with E-state index in [2.05, 4.69) is 5.32 Å². The lowest BCUT2D eigenvalue weighted by Gasteiger charge is -2.15. The predicted molar refractivity (Wildman–Crippen MR) is 84.0 cm³/mol. The molecule has 1 aliphatic rings. The van der Waals surface area contributed by atoms with Crippen LogP contribution in [0, 0.1) is 11.7 Å². The fourth-order valence-corrected chi connectivity index (χ4v) is 2.71. The molecule has 0 heterocycles. The van der Waals surface area contributed by atoms with E-state index < -0.39 is 11.8 Å². The van der Waals surface area contributed by atoms with Crippen molar-refractivity contribution in [1.29, 1.82) is 0 Å². The second-order valence-electron chi connectivity index (χ2n) is 5.95. The molecule has 1 atom stereocenters. The molecular weight excluding hydrogens is 299 g/mol. The standard InChI is InChI=1S/C17H23FN2O3/c18-14-7-5-12(6-8-14)9-13(17(19)22)10-20-16(21)11-23-15-3-1-2-4-15/h5-8,13,15H,1-4,9-11H2,(H2,19,22)(H,20,21)/t13-/m1/s1. The zero-order valence-corrected chi connectivity index (χ0v) is 13.1. The minimum Gasteiger partial charge on any atom is -0.369 e. The summed E-state index contributed by atoms with van der Waals surface area (Å²) in [6.07, 6.45) is 4.83. The average molecular weight is 322 g/mol. The molecule has 126 valence electrons. The highest BCUT2D eigenvalue weighted by molar-refractivity contribution is 5.80. The smallest absolute Gasteiger partial charge is 0.246 e. The highest BCUT2D eigenvalue weighted by Gasteiger charge is 2.19. The van der Waals surface area contributed by atoms with E-state index in [1.54, 1.807) is 12.1 Å². The third-order valence-corrected chi connectivity index (χ3v) is 4.10. The summed E-state index contributed by atoms with van der Waals surface area (Å²) >= 11 is 0. The van der Waals surface area contributed by atoms with Crippen LogP contribution < -0.4 is 11.1 Å². The Morgan fingerprint density at radius 3 is 2.52 bits per heavy atom. The quantitative estimate of drug-likeness (QED) is 0.762. The summed E-state index contributed by atoms with van der Waals surface area (Å²) in [5.41, 5.74) is 6.18. The number of halogens is 1. The van der Waals surface area contributed by atoms with E-state index in [1.807, 2.05) is 0 Å². The van der Waals surface area contributed by atoms with Gasteiger partial charge >= 0.3 is 0 Å². The topological polar surface area (TPSA) is 81.4 Å². The van der Waals surface area contributed by atoms with Gasteiger partial charge in [-0.3, -0.25) is 9.59 Å². The van der Waals surface area contributed by atoms with Gasteiger partial charge in [0.15, 0.2) is 0 Å². The molecular formula is C17H23FN2O3. The monoisotopic (exact) mass is 322 g/mol. The Morgan fingerprint density at radius 2 is 1.91 bits per heavy atom. The van der Waals surface area contributed by atoms with Gasteiger partial charge in [-0.25, -0.2) is 4.39 Å². The Bertz CT molecular complexity index is 527. The van der Waals surface area contributed by atoms with Crippen molar-refractivity contribution in [2.24, 2.45) is 11.7 Å². The Labute approximate surface area is 135 Å². The van der Waals surface area contributed by atoms with E-state index in [-0.39, 0.29) is 31.0 Å². The lowest BCUT2D eigenvalue weighted by molar-refractivity contribution is -0.128. The van der Waals surface area contributed by atoms with Crippen LogP contribution in [0.4, 0.5) is 4.39 Å². The van der Waals surface area contributed by atoms with E-state index in [0.717, 1.165) is 31.2 Å². The summed E-state index contributed by atoms with van der Waals surface area (Å²) in [6.45, 7) is 0.159. The van der Waals surface area contributed by atoms with E-state index >= 15 is 0 Å². The lowest BCUT2D eigenvalue weighted by Crippen LogP contribution is -2.39. The lowest BCUT2D eigenvalue weighted by atomic mass is 9.98. The van der Waals surface area contributed by atoms with Crippen LogP contribution in [0.1, 0.15) is 31.2 Å². The van der Waals surface area contributed by atoms with Crippen LogP contribution in [0.3, 0.4) is 0 Å². The summed E-state index contributed by atoms with van der Waals surface area (Å²) in [5.74, 6) is -1.61. The van der Waals surface area contributed by atoms with Crippen molar-refractivity contribution in [3.05, 3.63) is 35.6 Å². The summed E-state index contributed by atoms with van der Waals surface area (Å²) in [4.78, 5) is 23.3. The Hall–Kier alpha value is -1.95. The van der Waals surface area contributed by atoms with Crippen LogP contribution in [-0.2, 0) is 20.7 Å². The number of amides is 2. The van der Waals surface area contributed by atoms with Crippen molar-refractivity contribution < 1.29 is 18.7 Å². The SMILES string of the molecule is NC(=O)[C@@H](CNC(=O)COC1CCCC1)Cc1ccc(F)cc1. The predicted octanol–water partition coefficient (Wildman–Crippen LogP) is 1.55. The average Bonchev–Trinajstić information content (AvgIpc) is 3.04. The fraction of sp³-hybridized carbons (Fsp3) is 0.529. The Balaban J connectivity index is 1.76. The Kier molecular flexibility index (Phi) is 6.52. The molecule has 1 aliphatic carbocycles. The van der Waals surface area contributed by atoms with Crippen molar-refractivity contribution >= 4 is 11.8 Å².